The average molecular weight is 839 g/mol. The third-order valence-corrected chi connectivity index (χ3v) is 12.7. The van der Waals surface area contributed by atoms with Crippen LogP contribution < -0.4 is 17.2 Å². The Morgan fingerprint density at radius 2 is 0.966 bits per heavy atom. The smallest absolute Gasteiger partial charge is 0.225 e. The molecule has 0 aromatic carbocycles. The van der Waals surface area contributed by atoms with Crippen molar-refractivity contribution >= 4 is 17.5 Å². The Bertz CT molecular complexity index is 1090. The summed E-state index contributed by atoms with van der Waals surface area (Å²) in [6, 6.07) is -1.09. The molecule has 1 heterocycles. The van der Waals surface area contributed by atoms with Crippen LogP contribution in [0.4, 0.5) is 0 Å². The highest BCUT2D eigenvalue weighted by molar-refractivity contribution is 6.14. The van der Waals surface area contributed by atoms with Crippen molar-refractivity contribution in [2.24, 2.45) is 23.1 Å². The van der Waals surface area contributed by atoms with Crippen LogP contribution in [0.2, 0.25) is 0 Å². The number of hydrogen-bond donors (Lipinski definition) is 6. The van der Waals surface area contributed by atoms with Gasteiger partial charge in [-0.2, -0.15) is 0 Å². The predicted octanol–water partition coefficient (Wildman–Crippen LogP) is 8.88. The molecule has 348 valence electrons. The molecular formula is C48H94N4O7. The van der Waals surface area contributed by atoms with Gasteiger partial charge < -0.3 is 36.4 Å². The summed E-state index contributed by atoms with van der Waals surface area (Å²) in [4.78, 5) is 42.7. The number of amides is 1. The van der Waals surface area contributed by atoms with Gasteiger partial charge in [-0.15, -0.1) is 0 Å². The Kier molecular flexibility index (Phi) is 31.2. The first-order chi connectivity index (χ1) is 28.3. The lowest BCUT2D eigenvalue weighted by atomic mass is 9.74. The molecule has 1 aliphatic rings. The van der Waals surface area contributed by atoms with Crippen LogP contribution in [0.5, 0.6) is 0 Å². The van der Waals surface area contributed by atoms with Crippen molar-refractivity contribution in [2.75, 3.05) is 13.2 Å². The van der Waals surface area contributed by atoms with Crippen molar-refractivity contribution in [1.82, 2.24) is 4.90 Å². The number of aliphatic hydroxyl groups is 3. The molecule has 11 heteroatoms. The van der Waals surface area contributed by atoms with Crippen molar-refractivity contribution in [3.8, 4) is 0 Å². The summed E-state index contributed by atoms with van der Waals surface area (Å²) in [5.74, 6) is -6.15. The Morgan fingerprint density at radius 1 is 0.627 bits per heavy atom. The molecular weight excluding hydrogens is 745 g/mol. The predicted molar refractivity (Wildman–Crippen MR) is 241 cm³/mol. The number of rotatable bonds is 39. The lowest BCUT2D eigenvalue weighted by molar-refractivity contribution is -0.292. The van der Waals surface area contributed by atoms with Gasteiger partial charge in [0.05, 0.1) is 18.8 Å². The third-order valence-electron chi connectivity index (χ3n) is 12.7. The van der Waals surface area contributed by atoms with E-state index in [9.17, 15) is 29.7 Å². The quantitative estimate of drug-likeness (QED) is 0.0197. The highest BCUT2D eigenvalue weighted by Crippen LogP contribution is 2.38. The standard InChI is InChI=1S/C48H94N4O7/c1-5-7-9-11-13-15-17-19-21-23-25-27-29-31-33-35-37-52(41(54)36-34-32-30-28-26-24-22-20-18-16-14-12-10-8-6-2)48(51)42(44(56)43(55)40(38-53)59-48)46(58)47(4,50)45(57)39(3)49/h39-40,42-44,53,55-56H,5-38,49-51H2,1-4H3/t39-,40+,42-,43+,44+,47+,48-/m0/s1. The van der Waals surface area contributed by atoms with E-state index in [0.29, 0.717) is 12.8 Å². The van der Waals surface area contributed by atoms with E-state index in [-0.39, 0.29) is 18.9 Å². The third kappa shape index (κ3) is 21.4. The zero-order chi connectivity index (χ0) is 43.9. The molecule has 0 bridgehead atoms. The zero-order valence-corrected chi connectivity index (χ0v) is 38.6. The molecule has 0 aromatic heterocycles. The molecule has 1 saturated heterocycles. The Morgan fingerprint density at radius 3 is 1.31 bits per heavy atom. The second kappa shape index (κ2) is 33.1. The number of hydrogen-bond acceptors (Lipinski definition) is 10. The fraction of sp³-hybridized carbons (Fsp3) is 0.938. The van der Waals surface area contributed by atoms with Crippen molar-refractivity contribution in [3.05, 3.63) is 0 Å². The summed E-state index contributed by atoms with van der Waals surface area (Å²) in [5, 5.41) is 32.4. The van der Waals surface area contributed by atoms with Gasteiger partial charge in [-0.05, 0) is 26.7 Å². The second-order valence-electron chi connectivity index (χ2n) is 18.3. The molecule has 7 atom stereocenters. The first kappa shape index (κ1) is 55.5. The Hall–Kier alpha value is -1.47. The van der Waals surface area contributed by atoms with Crippen LogP contribution in [-0.4, -0.2) is 86.6 Å². The van der Waals surface area contributed by atoms with Crippen LogP contribution in [0.15, 0.2) is 0 Å². The molecule has 1 amide bonds. The maximum atomic E-state index is 14.2. The summed E-state index contributed by atoms with van der Waals surface area (Å²) < 4.78 is 6.07. The molecule has 0 radical (unpaired) electrons. The van der Waals surface area contributed by atoms with Gasteiger partial charge in [-0.25, -0.2) is 0 Å². The second-order valence-corrected chi connectivity index (χ2v) is 18.3. The van der Waals surface area contributed by atoms with E-state index in [2.05, 4.69) is 13.8 Å². The number of ether oxygens (including phenoxy) is 1. The van der Waals surface area contributed by atoms with Crippen molar-refractivity contribution in [2.45, 2.75) is 269 Å². The maximum absolute atomic E-state index is 14.2. The van der Waals surface area contributed by atoms with Gasteiger partial charge >= 0.3 is 0 Å². The van der Waals surface area contributed by atoms with Crippen LogP contribution >= 0.6 is 0 Å². The highest BCUT2D eigenvalue weighted by atomic mass is 16.6. The molecule has 0 aliphatic carbocycles. The van der Waals surface area contributed by atoms with E-state index in [1.807, 2.05) is 0 Å². The number of aliphatic hydroxyl groups excluding tert-OH is 3. The fourth-order valence-electron chi connectivity index (χ4n) is 8.78. The minimum atomic E-state index is -2.27. The number of carbonyl (C=O) groups excluding carboxylic acids is 3. The van der Waals surface area contributed by atoms with Gasteiger partial charge in [0.25, 0.3) is 0 Å². The van der Waals surface area contributed by atoms with Gasteiger partial charge in [-0.1, -0.05) is 200 Å². The number of Topliss-reactive ketones (excluding diaryl/α,β-unsaturated/α-hetero) is 2. The maximum Gasteiger partial charge on any atom is 0.225 e. The summed E-state index contributed by atoms with van der Waals surface area (Å²) in [5.41, 5.74) is 16.9. The summed E-state index contributed by atoms with van der Waals surface area (Å²) >= 11 is 0. The lowest BCUT2D eigenvalue weighted by Crippen LogP contribution is -2.78. The monoisotopic (exact) mass is 839 g/mol. The number of carbonyl (C=O) groups is 3. The van der Waals surface area contributed by atoms with E-state index in [0.717, 1.165) is 44.9 Å². The van der Waals surface area contributed by atoms with Gasteiger partial charge in [0, 0.05) is 13.0 Å². The van der Waals surface area contributed by atoms with Crippen LogP contribution in [-0.2, 0) is 19.1 Å². The van der Waals surface area contributed by atoms with E-state index in [1.165, 1.54) is 160 Å². The first-order valence-electron chi connectivity index (χ1n) is 24.7. The molecule has 59 heavy (non-hydrogen) atoms. The average Bonchev–Trinajstić information content (AvgIpc) is 3.21. The molecule has 1 aliphatic heterocycles. The van der Waals surface area contributed by atoms with Gasteiger partial charge in [0.1, 0.15) is 23.7 Å². The Balaban J connectivity index is 2.82. The number of unbranched alkanes of at least 4 members (excludes halogenated alkanes) is 29. The summed E-state index contributed by atoms with van der Waals surface area (Å²) in [6.45, 7) is 6.55. The lowest BCUT2D eigenvalue weighted by Gasteiger charge is -2.53. The SMILES string of the molecule is CCCCCCCCCCCCCCCCCCN(C(=O)CCCCCCCCCCCCCCCCC)[C@]1(N)O[C@H](CO)[C@@H](O)[C@H](O)[C@H]1C(=O)[C@](C)(N)C(=O)[C@H](C)N. The van der Waals surface area contributed by atoms with E-state index in [4.69, 9.17) is 21.9 Å². The van der Waals surface area contributed by atoms with Crippen LogP contribution in [0.1, 0.15) is 233 Å². The van der Waals surface area contributed by atoms with Gasteiger partial charge in [0.2, 0.25) is 11.8 Å². The van der Waals surface area contributed by atoms with Crippen LogP contribution in [0, 0.1) is 5.92 Å². The van der Waals surface area contributed by atoms with Crippen LogP contribution in [0.3, 0.4) is 0 Å². The minimum absolute atomic E-state index is 0.139. The van der Waals surface area contributed by atoms with E-state index >= 15 is 0 Å². The molecule has 11 nitrogen and oxygen atoms in total. The van der Waals surface area contributed by atoms with Crippen molar-refractivity contribution in [1.29, 1.82) is 0 Å². The normalized spacial score (nSPS) is 22.3. The highest BCUT2D eigenvalue weighted by Gasteiger charge is 2.62. The molecule has 0 spiro atoms. The zero-order valence-electron chi connectivity index (χ0n) is 38.6. The minimum Gasteiger partial charge on any atom is -0.394 e. The summed E-state index contributed by atoms with van der Waals surface area (Å²) in [7, 11) is 0. The number of ketones is 2. The molecule has 0 saturated carbocycles. The number of nitrogens with zero attached hydrogens (tertiary/aromatic N) is 1. The fourth-order valence-corrected chi connectivity index (χ4v) is 8.78. The van der Waals surface area contributed by atoms with Crippen LogP contribution in [0.25, 0.3) is 0 Å². The molecule has 1 rings (SSSR count). The van der Waals surface area contributed by atoms with Gasteiger partial charge in [-0.3, -0.25) is 20.1 Å². The van der Waals surface area contributed by atoms with Crippen molar-refractivity contribution < 1.29 is 34.4 Å². The van der Waals surface area contributed by atoms with Gasteiger partial charge in [0.15, 0.2) is 11.6 Å². The van der Waals surface area contributed by atoms with Crippen molar-refractivity contribution in [3.63, 3.8) is 0 Å². The Labute approximate surface area is 361 Å². The number of nitrogens with two attached hydrogens (primary N) is 3. The topological polar surface area (TPSA) is 202 Å². The van der Waals surface area contributed by atoms with E-state index < -0.39 is 59.8 Å². The molecule has 1 fully saturated rings. The molecule has 9 N–H and O–H groups in total. The molecule has 0 aromatic rings. The molecule has 0 unspecified atom stereocenters. The first-order valence-corrected chi connectivity index (χ1v) is 24.7. The summed E-state index contributed by atoms with van der Waals surface area (Å²) in [6.07, 6.45) is 32.3. The largest absolute Gasteiger partial charge is 0.394 e. The van der Waals surface area contributed by atoms with E-state index in [1.54, 1.807) is 0 Å².